The van der Waals surface area contributed by atoms with Gasteiger partial charge >= 0.3 is 0 Å². The molecule has 0 heterocycles. The van der Waals surface area contributed by atoms with Crippen LogP contribution in [-0.4, -0.2) is 5.11 Å². The van der Waals surface area contributed by atoms with Crippen molar-refractivity contribution in [1.82, 2.24) is 0 Å². The largest absolute Gasteiger partial charge is 0.506 e. The van der Waals surface area contributed by atoms with Crippen molar-refractivity contribution in [3.63, 3.8) is 0 Å². The molecule has 0 unspecified atom stereocenters. The number of phenols is 1. The Bertz CT molecular complexity index is 860. The molecule has 3 aromatic rings. The van der Waals surface area contributed by atoms with Crippen molar-refractivity contribution < 1.29 is 5.11 Å². The summed E-state index contributed by atoms with van der Waals surface area (Å²) in [4.78, 5) is 0. The highest BCUT2D eigenvalue weighted by molar-refractivity contribution is 6.31. The van der Waals surface area contributed by atoms with E-state index in [2.05, 4.69) is 10.2 Å². The number of hydrogen-bond acceptors (Lipinski definition) is 3. The van der Waals surface area contributed by atoms with Crippen LogP contribution in [-0.2, 0) is 0 Å². The Balaban J connectivity index is 1.97. The molecule has 0 radical (unpaired) electrons. The van der Waals surface area contributed by atoms with Crippen molar-refractivity contribution >= 4 is 23.0 Å². The van der Waals surface area contributed by atoms with Crippen LogP contribution in [0.5, 0.6) is 5.75 Å². The molecule has 1 N–H and O–H groups in total. The second-order valence-electron chi connectivity index (χ2n) is 5.15. The molecule has 0 amide bonds. The van der Waals surface area contributed by atoms with Gasteiger partial charge in [0, 0.05) is 5.02 Å². The van der Waals surface area contributed by atoms with E-state index in [9.17, 15) is 5.11 Å². The number of nitrogens with zero attached hydrogens (tertiary/aromatic N) is 2. The number of aromatic hydroxyl groups is 1. The summed E-state index contributed by atoms with van der Waals surface area (Å²) in [5, 5.41) is 19.0. The topological polar surface area (TPSA) is 45.0 Å². The van der Waals surface area contributed by atoms with E-state index in [-0.39, 0.29) is 5.75 Å². The minimum absolute atomic E-state index is 0.0908. The van der Waals surface area contributed by atoms with E-state index in [0.29, 0.717) is 16.4 Å². The molecule has 3 rings (SSSR count). The number of phenolic OH excluding ortho intramolecular Hbond substituents is 1. The molecule has 0 spiro atoms. The third-order valence-corrected chi connectivity index (χ3v) is 4.00. The quantitative estimate of drug-likeness (QED) is 0.554. The number of azo groups is 1. The van der Waals surface area contributed by atoms with Crippen LogP contribution in [0.2, 0.25) is 5.02 Å². The Morgan fingerprint density at radius 1 is 0.783 bits per heavy atom. The summed E-state index contributed by atoms with van der Waals surface area (Å²) in [7, 11) is 0. The lowest BCUT2D eigenvalue weighted by molar-refractivity contribution is 0.476. The van der Waals surface area contributed by atoms with Gasteiger partial charge in [-0.15, -0.1) is 5.11 Å². The van der Waals surface area contributed by atoms with Crippen molar-refractivity contribution in [1.29, 1.82) is 0 Å². The molecular weight excluding hydrogens is 308 g/mol. The average Bonchev–Trinajstić information content (AvgIpc) is 2.58. The second kappa shape index (κ2) is 6.63. The summed E-state index contributed by atoms with van der Waals surface area (Å²) in [6, 6.07) is 20.7. The van der Waals surface area contributed by atoms with Crippen LogP contribution in [0.15, 0.2) is 77.0 Å². The molecule has 0 atom stereocenters. The molecule has 4 heteroatoms. The predicted molar refractivity (Wildman–Crippen MR) is 93.9 cm³/mol. The number of hydrogen-bond donors (Lipinski definition) is 1. The van der Waals surface area contributed by atoms with Gasteiger partial charge < -0.3 is 5.11 Å². The molecule has 3 nitrogen and oxygen atoms in total. The third-order valence-electron chi connectivity index (χ3n) is 3.59. The Kier molecular flexibility index (Phi) is 4.40. The molecule has 0 aliphatic rings. The van der Waals surface area contributed by atoms with E-state index >= 15 is 0 Å². The first-order chi connectivity index (χ1) is 11.1. The minimum Gasteiger partial charge on any atom is -0.506 e. The third kappa shape index (κ3) is 3.41. The monoisotopic (exact) mass is 322 g/mol. The molecule has 0 aromatic heterocycles. The fourth-order valence-corrected chi connectivity index (χ4v) is 2.40. The van der Waals surface area contributed by atoms with Crippen LogP contribution >= 0.6 is 11.6 Å². The Labute approximate surface area is 139 Å². The molecule has 0 bridgehead atoms. The average molecular weight is 323 g/mol. The SMILES string of the molecule is Cc1c(Cl)cccc1N=Nc1cc(-c2ccccc2)ccc1O. The Morgan fingerprint density at radius 3 is 2.30 bits per heavy atom. The summed E-state index contributed by atoms with van der Waals surface area (Å²) in [6.07, 6.45) is 0. The van der Waals surface area contributed by atoms with Gasteiger partial charge in [-0.25, -0.2) is 0 Å². The highest BCUT2D eigenvalue weighted by Crippen LogP contribution is 2.34. The molecule has 0 aliphatic carbocycles. The van der Waals surface area contributed by atoms with Crippen LogP contribution in [0.25, 0.3) is 11.1 Å². The second-order valence-corrected chi connectivity index (χ2v) is 5.56. The number of halogens is 1. The maximum absolute atomic E-state index is 10.0. The zero-order valence-electron chi connectivity index (χ0n) is 12.6. The van der Waals surface area contributed by atoms with E-state index in [1.807, 2.05) is 67.6 Å². The van der Waals surface area contributed by atoms with Crippen LogP contribution in [0, 0.1) is 6.92 Å². The smallest absolute Gasteiger partial charge is 0.143 e. The highest BCUT2D eigenvalue weighted by atomic mass is 35.5. The molecule has 23 heavy (non-hydrogen) atoms. The van der Waals surface area contributed by atoms with Gasteiger partial charge in [0.25, 0.3) is 0 Å². The van der Waals surface area contributed by atoms with Gasteiger partial charge in [-0.05, 0) is 47.9 Å². The predicted octanol–water partition coefficient (Wildman–Crippen LogP) is 6.44. The zero-order chi connectivity index (χ0) is 16.2. The van der Waals surface area contributed by atoms with Gasteiger partial charge in [-0.3, -0.25) is 0 Å². The van der Waals surface area contributed by atoms with Crippen molar-refractivity contribution in [3.8, 4) is 16.9 Å². The minimum atomic E-state index is 0.0908. The van der Waals surface area contributed by atoms with Gasteiger partial charge in [0.15, 0.2) is 0 Å². The van der Waals surface area contributed by atoms with Crippen LogP contribution in [0.3, 0.4) is 0 Å². The first kappa shape index (κ1) is 15.3. The van der Waals surface area contributed by atoms with Crippen LogP contribution < -0.4 is 0 Å². The van der Waals surface area contributed by atoms with E-state index < -0.39 is 0 Å². The van der Waals surface area contributed by atoms with Crippen LogP contribution in [0.4, 0.5) is 11.4 Å². The molecule has 0 saturated carbocycles. The van der Waals surface area contributed by atoms with E-state index in [1.54, 1.807) is 6.07 Å². The van der Waals surface area contributed by atoms with E-state index in [0.717, 1.165) is 16.7 Å². The normalized spacial score (nSPS) is 11.0. The summed E-state index contributed by atoms with van der Waals surface area (Å²) >= 11 is 6.08. The molecule has 0 saturated heterocycles. The van der Waals surface area contributed by atoms with Crippen molar-refractivity contribution in [2.75, 3.05) is 0 Å². The fraction of sp³-hybridized carbons (Fsp3) is 0.0526. The van der Waals surface area contributed by atoms with E-state index in [1.165, 1.54) is 0 Å². The Morgan fingerprint density at radius 2 is 1.52 bits per heavy atom. The highest BCUT2D eigenvalue weighted by Gasteiger charge is 2.05. The fourth-order valence-electron chi connectivity index (χ4n) is 2.23. The lowest BCUT2D eigenvalue weighted by atomic mass is 10.1. The van der Waals surface area contributed by atoms with Crippen molar-refractivity contribution in [2.45, 2.75) is 6.92 Å². The number of rotatable bonds is 3. The lowest BCUT2D eigenvalue weighted by Gasteiger charge is -2.05. The van der Waals surface area contributed by atoms with Gasteiger partial charge in [-0.1, -0.05) is 54.1 Å². The maximum atomic E-state index is 10.0. The summed E-state index contributed by atoms with van der Waals surface area (Å²) in [5.74, 6) is 0.0908. The van der Waals surface area contributed by atoms with Gasteiger partial charge in [0.05, 0.1) is 5.69 Å². The first-order valence-electron chi connectivity index (χ1n) is 7.20. The van der Waals surface area contributed by atoms with Gasteiger partial charge in [-0.2, -0.15) is 5.11 Å². The van der Waals surface area contributed by atoms with E-state index in [4.69, 9.17) is 11.6 Å². The molecule has 0 aliphatic heterocycles. The zero-order valence-corrected chi connectivity index (χ0v) is 13.3. The first-order valence-corrected chi connectivity index (χ1v) is 7.58. The van der Waals surface area contributed by atoms with Gasteiger partial charge in [0.2, 0.25) is 0 Å². The summed E-state index contributed by atoms with van der Waals surface area (Å²) in [5.41, 5.74) is 3.99. The van der Waals surface area contributed by atoms with Crippen molar-refractivity contribution in [3.05, 3.63) is 77.3 Å². The number of benzene rings is 3. The maximum Gasteiger partial charge on any atom is 0.143 e. The van der Waals surface area contributed by atoms with Gasteiger partial charge in [0.1, 0.15) is 11.4 Å². The summed E-state index contributed by atoms with van der Waals surface area (Å²) < 4.78 is 0. The van der Waals surface area contributed by atoms with Crippen molar-refractivity contribution in [2.24, 2.45) is 10.2 Å². The molecule has 0 fully saturated rings. The molecule has 3 aromatic carbocycles. The lowest BCUT2D eigenvalue weighted by Crippen LogP contribution is -1.78. The summed E-state index contributed by atoms with van der Waals surface area (Å²) in [6.45, 7) is 1.89. The standard InChI is InChI=1S/C19H15ClN2O/c1-13-16(20)8-5-9-17(13)21-22-18-12-15(10-11-19(18)23)14-6-3-2-4-7-14/h2-12,23H,1H3. The molecule has 114 valence electrons. The van der Waals surface area contributed by atoms with Crippen LogP contribution in [0.1, 0.15) is 5.56 Å². The Hall–Kier alpha value is -2.65. The molecular formula is C19H15ClN2O.